The van der Waals surface area contributed by atoms with Crippen LogP contribution >= 0.6 is 11.6 Å². The zero-order chi connectivity index (χ0) is 14.1. The lowest BCUT2D eigenvalue weighted by molar-refractivity contribution is 0.101. The van der Waals surface area contributed by atoms with Crippen LogP contribution in [0.1, 0.15) is 16.2 Å². The molecule has 2 heterocycles. The van der Waals surface area contributed by atoms with Crippen molar-refractivity contribution in [2.45, 2.75) is 0 Å². The zero-order valence-electron chi connectivity index (χ0n) is 10.5. The number of furan rings is 1. The number of nitrogens with zero attached hydrogens (tertiary/aromatic N) is 2. The second-order valence-corrected chi connectivity index (χ2v) is 4.50. The average molecular weight is 289 g/mol. The fraction of sp³-hybridized carbons (Fsp3) is 0.0714. The Morgan fingerprint density at radius 1 is 1.25 bits per heavy atom. The first-order chi connectivity index (χ1) is 9.67. The summed E-state index contributed by atoms with van der Waals surface area (Å²) in [6.45, 7) is 0. The summed E-state index contributed by atoms with van der Waals surface area (Å²) in [5.74, 6) is 0.184. The van der Waals surface area contributed by atoms with Gasteiger partial charge in [0, 0.05) is 16.5 Å². The second-order valence-electron chi connectivity index (χ2n) is 4.07. The number of aromatic nitrogens is 2. The molecule has 0 N–H and O–H groups in total. The molecule has 0 saturated carbocycles. The molecule has 0 amide bonds. The van der Waals surface area contributed by atoms with Crippen LogP contribution in [-0.2, 0) is 0 Å². The molecular weight excluding hydrogens is 280 g/mol. The van der Waals surface area contributed by atoms with Gasteiger partial charge in [-0.25, -0.2) is 9.97 Å². The minimum atomic E-state index is -0.335. The summed E-state index contributed by atoms with van der Waals surface area (Å²) in [6, 6.07) is 8.25. The maximum absolute atomic E-state index is 12.3. The largest absolute Gasteiger partial charge is 0.481 e. The van der Waals surface area contributed by atoms with Crippen molar-refractivity contribution in [3.8, 4) is 5.88 Å². The maximum Gasteiger partial charge on any atom is 0.246 e. The normalized spacial score (nSPS) is 10.7. The summed E-state index contributed by atoms with van der Waals surface area (Å²) in [7, 11) is 1.47. The Kier molecular flexibility index (Phi) is 3.12. The van der Waals surface area contributed by atoms with Gasteiger partial charge >= 0.3 is 0 Å². The molecule has 0 aliphatic heterocycles. The van der Waals surface area contributed by atoms with E-state index in [9.17, 15) is 4.79 Å². The van der Waals surface area contributed by atoms with Crippen LogP contribution in [-0.4, -0.2) is 22.9 Å². The average Bonchev–Trinajstić information content (AvgIpc) is 2.89. The minimum absolute atomic E-state index is 0.197. The van der Waals surface area contributed by atoms with Gasteiger partial charge in [0.25, 0.3) is 0 Å². The van der Waals surface area contributed by atoms with Crippen molar-refractivity contribution in [1.82, 2.24) is 9.97 Å². The molecule has 6 heteroatoms. The van der Waals surface area contributed by atoms with Crippen LogP contribution in [0.15, 0.2) is 41.1 Å². The van der Waals surface area contributed by atoms with Crippen LogP contribution < -0.4 is 4.74 Å². The fourth-order valence-electron chi connectivity index (χ4n) is 1.83. The highest BCUT2D eigenvalue weighted by molar-refractivity contribution is 6.31. The predicted octanol–water partition coefficient (Wildman–Crippen LogP) is 3.12. The van der Waals surface area contributed by atoms with Gasteiger partial charge in [-0.3, -0.25) is 4.79 Å². The Balaban J connectivity index is 2.03. The number of ether oxygens (including phenoxy) is 1. The molecule has 0 saturated heterocycles. The molecule has 0 fully saturated rings. The summed E-state index contributed by atoms with van der Waals surface area (Å²) in [6.07, 6.45) is 1.27. The summed E-state index contributed by atoms with van der Waals surface area (Å²) in [5.41, 5.74) is 0.806. The van der Waals surface area contributed by atoms with E-state index >= 15 is 0 Å². The molecule has 100 valence electrons. The molecule has 0 atom stereocenters. The van der Waals surface area contributed by atoms with Crippen LogP contribution in [0.3, 0.4) is 0 Å². The number of methoxy groups -OCH3 is 1. The van der Waals surface area contributed by atoms with Crippen LogP contribution in [0.4, 0.5) is 0 Å². The lowest BCUT2D eigenvalue weighted by Gasteiger charge is -1.99. The molecule has 0 spiro atoms. The van der Waals surface area contributed by atoms with E-state index in [1.807, 2.05) is 0 Å². The molecule has 1 aromatic carbocycles. The van der Waals surface area contributed by atoms with E-state index in [2.05, 4.69) is 9.97 Å². The number of fused-ring (bicyclic) bond motifs is 1. The highest BCUT2D eigenvalue weighted by atomic mass is 35.5. The summed E-state index contributed by atoms with van der Waals surface area (Å²) in [4.78, 5) is 20.1. The second kappa shape index (κ2) is 4.94. The first-order valence-electron chi connectivity index (χ1n) is 5.77. The Morgan fingerprint density at radius 3 is 2.90 bits per heavy atom. The Hall–Kier alpha value is -2.40. The van der Waals surface area contributed by atoms with E-state index in [4.69, 9.17) is 20.8 Å². The van der Waals surface area contributed by atoms with Gasteiger partial charge in [-0.05, 0) is 24.3 Å². The Morgan fingerprint density at radius 2 is 2.10 bits per heavy atom. The highest BCUT2D eigenvalue weighted by Gasteiger charge is 2.17. The van der Waals surface area contributed by atoms with Gasteiger partial charge in [-0.15, -0.1) is 0 Å². The van der Waals surface area contributed by atoms with E-state index in [0.29, 0.717) is 16.5 Å². The SMILES string of the molecule is COc1cc(C(=O)c2cc3cc(Cl)ccc3o2)ncn1. The van der Waals surface area contributed by atoms with Gasteiger partial charge in [0.15, 0.2) is 5.76 Å². The van der Waals surface area contributed by atoms with Crippen molar-refractivity contribution < 1.29 is 13.9 Å². The number of carbonyl (C=O) groups is 1. The molecule has 5 nitrogen and oxygen atoms in total. The van der Waals surface area contributed by atoms with Crippen molar-refractivity contribution in [3.63, 3.8) is 0 Å². The van der Waals surface area contributed by atoms with E-state index in [1.165, 1.54) is 19.5 Å². The molecule has 20 heavy (non-hydrogen) atoms. The lowest BCUT2D eigenvalue weighted by atomic mass is 10.2. The van der Waals surface area contributed by atoms with Crippen LogP contribution in [0.25, 0.3) is 11.0 Å². The van der Waals surface area contributed by atoms with Gasteiger partial charge in [0.1, 0.15) is 17.6 Å². The van der Waals surface area contributed by atoms with Gasteiger partial charge in [-0.1, -0.05) is 11.6 Å². The first-order valence-corrected chi connectivity index (χ1v) is 6.15. The van der Waals surface area contributed by atoms with Crippen LogP contribution in [0.5, 0.6) is 5.88 Å². The highest BCUT2D eigenvalue weighted by Crippen LogP contribution is 2.24. The Labute approximate surface area is 119 Å². The number of hydrogen-bond donors (Lipinski definition) is 0. The number of rotatable bonds is 3. The van der Waals surface area contributed by atoms with Gasteiger partial charge < -0.3 is 9.15 Å². The van der Waals surface area contributed by atoms with Crippen molar-refractivity contribution in [3.05, 3.63) is 53.1 Å². The standard InChI is InChI=1S/C14H9ClN2O3/c1-19-13-6-10(16-7-17-13)14(18)12-5-8-4-9(15)2-3-11(8)20-12/h2-7H,1H3. The fourth-order valence-corrected chi connectivity index (χ4v) is 2.01. The van der Waals surface area contributed by atoms with Crippen molar-refractivity contribution in [1.29, 1.82) is 0 Å². The molecule has 0 radical (unpaired) electrons. The number of carbonyl (C=O) groups excluding carboxylic acids is 1. The molecule has 2 aromatic heterocycles. The summed E-state index contributed by atoms with van der Waals surface area (Å²) >= 11 is 5.90. The molecule has 0 bridgehead atoms. The molecule has 3 aromatic rings. The smallest absolute Gasteiger partial charge is 0.246 e. The minimum Gasteiger partial charge on any atom is -0.481 e. The predicted molar refractivity (Wildman–Crippen MR) is 73.2 cm³/mol. The summed E-state index contributed by atoms with van der Waals surface area (Å²) in [5, 5.41) is 1.35. The third kappa shape index (κ3) is 2.23. The number of ketones is 1. The first kappa shape index (κ1) is 12.6. The molecule has 0 unspecified atom stereocenters. The van der Waals surface area contributed by atoms with Gasteiger partial charge in [0.2, 0.25) is 11.7 Å². The van der Waals surface area contributed by atoms with E-state index in [0.717, 1.165) is 5.39 Å². The van der Waals surface area contributed by atoms with E-state index < -0.39 is 0 Å². The molecule has 3 rings (SSSR count). The van der Waals surface area contributed by atoms with Crippen LogP contribution in [0, 0.1) is 0 Å². The maximum atomic E-state index is 12.3. The number of hydrogen-bond acceptors (Lipinski definition) is 5. The van der Waals surface area contributed by atoms with Crippen molar-refractivity contribution in [2.75, 3.05) is 7.11 Å². The zero-order valence-corrected chi connectivity index (χ0v) is 11.2. The lowest BCUT2D eigenvalue weighted by Crippen LogP contribution is -2.03. The molecule has 0 aliphatic rings. The number of benzene rings is 1. The monoisotopic (exact) mass is 288 g/mol. The van der Waals surface area contributed by atoms with E-state index in [1.54, 1.807) is 24.3 Å². The third-order valence-corrected chi connectivity index (χ3v) is 3.02. The Bertz CT molecular complexity index is 798. The molecule has 0 aliphatic carbocycles. The van der Waals surface area contributed by atoms with Gasteiger partial charge in [0.05, 0.1) is 7.11 Å². The third-order valence-electron chi connectivity index (χ3n) is 2.79. The van der Waals surface area contributed by atoms with Crippen molar-refractivity contribution >= 4 is 28.4 Å². The van der Waals surface area contributed by atoms with Crippen LogP contribution in [0.2, 0.25) is 5.02 Å². The van der Waals surface area contributed by atoms with Crippen molar-refractivity contribution in [2.24, 2.45) is 0 Å². The topological polar surface area (TPSA) is 65.2 Å². The number of halogens is 1. The van der Waals surface area contributed by atoms with E-state index in [-0.39, 0.29) is 17.2 Å². The summed E-state index contributed by atoms with van der Waals surface area (Å²) < 4.78 is 10.5. The van der Waals surface area contributed by atoms with Gasteiger partial charge in [-0.2, -0.15) is 0 Å². The molecular formula is C14H9ClN2O3. The quantitative estimate of drug-likeness (QED) is 0.693.